The number of nitrogens with zero attached hydrogens (tertiary/aromatic N) is 2. The number of likely N-dealkylation sites (tertiary alicyclic amines) is 1. The molecule has 1 aliphatic heterocycles. The molecular formula is C13H18N2O2. The number of esters is 1. The topological polar surface area (TPSA) is 42.4 Å². The van der Waals surface area contributed by atoms with Gasteiger partial charge < -0.3 is 4.74 Å². The van der Waals surface area contributed by atoms with Crippen molar-refractivity contribution in [3.8, 4) is 0 Å². The minimum atomic E-state index is -0.143. The summed E-state index contributed by atoms with van der Waals surface area (Å²) in [5.74, 6) is -0.143. The van der Waals surface area contributed by atoms with Crippen molar-refractivity contribution in [2.75, 3.05) is 19.7 Å². The van der Waals surface area contributed by atoms with Crippen LogP contribution in [0.3, 0.4) is 0 Å². The van der Waals surface area contributed by atoms with Crippen LogP contribution >= 0.6 is 0 Å². The third-order valence-corrected chi connectivity index (χ3v) is 3.03. The quantitative estimate of drug-likeness (QED) is 0.745. The summed E-state index contributed by atoms with van der Waals surface area (Å²) in [7, 11) is 0. The van der Waals surface area contributed by atoms with E-state index in [0.717, 1.165) is 25.1 Å². The summed E-state index contributed by atoms with van der Waals surface area (Å²) in [5, 5.41) is 0. The van der Waals surface area contributed by atoms with E-state index >= 15 is 0 Å². The molecule has 0 N–H and O–H groups in total. The van der Waals surface area contributed by atoms with E-state index in [0.29, 0.717) is 13.2 Å². The zero-order valence-electron chi connectivity index (χ0n) is 10.1. The van der Waals surface area contributed by atoms with Crippen molar-refractivity contribution in [3.05, 3.63) is 30.1 Å². The second-order valence-electron chi connectivity index (χ2n) is 4.19. The van der Waals surface area contributed by atoms with E-state index in [-0.39, 0.29) is 12.0 Å². The van der Waals surface area contributed by atoms with Crippen LogP contribution < -0.4 is 0 Å². The summed E-state index contributed by atoms with van der Waals surface area (Å²) >= 11 is 0. The first-order valence-corrected chi connectivity index (χ1v) is 6.12. The van der Waals surface area contributed by atoms with Gasteiger partial charge in [-0.2, -0.15) is 0 Å². The highest BCUT2D eigenvalue weighted by molar-refractivity contribution is 5.71. The Balaban J connectivity index is 2.00. The van der Waals surface area contributed by atoms with Crippen molar-refractivity contribution in [2.24, 2.45) is 0 Å². The number of carbonyl (C=O) groups excluding carboxylic acids is 1. The van der Waals surface area contributed by atoms with E-state index < -0.39 is 0 Å². The fraction of sp³-hybridized carbons (Fsp3) is 0.538. The van der Waals surface area contributed by atoms with Crippen LogP contribution in [-0.2, 0) is 9.53 Å². The molecule has 1 aromatic rings. The minimum absolute atomic E-state index is 0.143. The molecule has 1 aliphatic rings. The van der Waals surface area contributed by atoms with Crippen LogP contribution in [0.5, 0.6) is 0 Å². The number of hydrogen-bond acceptors (Lipinski definition) is 4. The number of aromatic nitrogens is 1. The van der Waals surface area contributed by atoms with E-state index in [4.69, 9.17) is 4.74 Å². The van der Waals surface area contributed by atoms with Gasteiger partial charge in [0.25, 0.3) is 0 Å². The van der Waals surface area contributed by atoms with Gasteiger partial charge in [-0.3, -0.25) is 14.7 Å². The third-order valence-electron chi connectivity index (χ3n) is 3.03. The molecule has 0 spiro atoms. The minimum Gasteiger partial charge on any atom is -0.465 e. The van der Waals surface area contributed by atoms with Gasteiger partial charge in [-0.05, 0) is 38.4 Å². The SMILES string of the molecule is CCOC(=O)CN1CCC[C@H]1c1ccccn1. The van der Waals surface area contributed by atoms with Gasteiger partial charge in [-0.15, -0.1) is 0 Å². The molecule has 2 rings (SSSR count). The Morgan fingerprint density at radius 2 is 2.47 bits per heavy atom. The van der Waals surface area contributed by atoms with E-state index in [9.17, 15) is 4.79 Å². The van der Waals surface area contributed by atoms with E-state index in [1.165, 1.54) is 0 Å². The summed E-state index contributed by atoms with van der Waals surface area (Å²) in [6.07, 6.45) is 3.98. The lowest BCUT2D eigenvalue weighted by atomic mass is 10.1. The lowest BCUT2D eigenvalue weighted by molar-refractivity contribution is -0.144. The van der Waals surface area contributed by atoms with Crippen LogP contribution in [0, 0.1) is 0 Å². The molecule has 0 unspecified atom stereocenters. The molecule has 2 heterocycles. The predicted molar refractivity (Wildman–Crippen MR) is 64.4 cm³/mol. The van der Waals surface area contributed by atoms with Gasteiger partial charge in [0, 0.05) is 6.20 Å². The molecular weight excluding hydrogens is 216 g/mol. The summed E-state index contributed by atoms with van der Waals surface area (Å²) in [6.45, 7) is 3.59. The summed E-state index contributed by atoms with van der Waals surface area (Å²) in [4.78, 5) is 18.0. The van der Waals surface area contributed by atoms with E-state index in [1.807, 2.05) is 25.1 Å². The summed E-state index contributed by atoms with van der Waals surface area (Å²) in [5.41, 5.74) is 1.05. The van der Waals surface area contributed by atoms with Crippen molar-refractivity contribution in [1.82, 2.24) is 9.88 Å². The van der Waals surface area contributed by atoms with Crippen LogP contribution in [0.25, 0.3) is 0 Å². The predicted octanol–water partition coefficient (Wildman–Crippen LogP) is 1.78. The Morgan fingerprint density at radius 1 is 1.59 bits per heavy atom. The van der Waals surface area contributed by atoms with Gasteiger partial charge in [0.05, 0.1) is 24.9 Å². The highest BCUT2D eigenvalue weighted by Crippen LogP contribution is 2.29. The summed E-state index contributed by atoms with van der Waals surface area (Å²) < 4.78 is 4.99. The van der Waals surface area contributed by atoms with Gasteiger partial charge >= 0.3 is 5.97 Å². The first-order valence-electron chi connectivity index (χ1n) is 6.12. The molecule has 0 bridgehead atoms. The Labute approximate surface area is 102 Å². The lowest BCUT2D eigenvalue weighted by Gasteiger charge is -2.22. The molecule has 0 aliphatic carbocycles. The number of carbonyl (C=O) groups is 1. The smallest absolute Gasteiger partial charge is 0.320 e. The molecule has 1 aromatic heterocycles. The number of rotatable bonds is 4. The number of hydrogen-bond donors (Lipinski definition) is 0. The van der Waals surface area contributed by atoms with Crippen LogP contribution in [0.15, 0.2) is 24.4 Å². The standard InChI is InChI=1S/C13H18N2O2/c1-2-17-13(16)10-15-9-5-7-12(15)11-6-3-4-8-14-11/h3-4,6,8,12H,2,5,7,9-10H2,1H3/t12-/m0/s1. The van der Waals surface area contributed by atoms with Crippen molar-refractivity contribution < 1.29 is 9.53 Å². The highest BCUT2D eigenvalue weighted by Gasteiger charge is 2.28. The Morgan fingerprint density at radius 3 is 3.18 bits per heavy atom. The normalized spacial score (nSPS) is 20.4. The second kappa shape index (κ2) is 5.77. The fourth-order valence-electron chi connectivity index (χ4n) is 2.30. The molecule has 17 heavy (non-hydrogen) atoms. The number of pyridine rings is 1. The van der Waals surface area contributed by atoms with E-state index in [2.05, 4.69) is 9.88 Å². The van der Waals surface area contributed by atoms with Gasteiger partial charge in [0.2, 0.25) is 0 Å². The molecule has 1 saturated heterocycles. The molecule has 0 aromatic carbocycles. The first-order chi connectivity index (χ1) is 8.31. The second-order valence-corrected chi connectivity index (χ2v) is 4.19. The first kappa shape index (κ1) is 12.0. The van der Waals surface area contributed by atoms with Crippen molar-refractivity contribution in [3.63, 3.8) is 0 Å². The van der Waals surface area contributed by atoms with Gasteiger partial charge in [-0.1, -0.05) is 6.07 Å². The molecule has 0 amide bonds. The van der Waals surface area contributed by atoms with Crippen LogP contribution in [0.1, 0.15) is 31.5 Å². The molecule has 4 nitrogen and oxygen atoms in total. The van der Waals surface area contributed by atoms with Crippen molar-refractivity contribution >= 4 is 5.97 Å². The number of ether oxygens (including phenoxy) is 1. The Kier molecular flexibility index (Phi) is 4.09. The molecule has 1 atom stereocenters. The van der Waals surface area contributed by atoms with Gasteiger partial charge in [0.15, 0.2) is 0 Å². The zero-order valence-corrected chi connectivity index (χ0v) is 10.1. The van der Waals surface area contributed by atoms with Gasteiger partial charge in [-0.25, -0.2) is 0 Å². The maximum Gasteiger partial charge on any atom is 0.320 e. The largest absolute Gasteiger partial charge is 0.465 e. The maximum absolute atomic E-state index is 11.5. The average Bonchev–Trinajstić information content (AvgIpc) is 2.78. The zero-order chi connectivity index (χ0) is 12.1. The summed E-state index contributed by atoms with van der Waals surface area (Å²) in [6, 6.07) is 6.19. The monoisotopic (exact) mass is 234 g/mol. The van der Waals surface area contributed by atoms with Crippen molar-refractivity contribution in [1.29, 1.82) is 0 Å². The maximum atomic E-state index is 11.5. The fourth-order valence-corrected chi connectivity index (χ4v) is 2.30. The third kappa shape index (κ3) is 3.03. The highest BCUT2D eigenvalue weighted by atomic mass is 16.5. The Hall–Kier alpha value is -1.42. The van der Waals surface area contributed by atoms with Crippen LogP contribution in [0.2, 0.25) is 0 Å². The molecule has 0 saturated carbocycles. The molecule has 4 heteroatoms. The Bertz CT molecular complexity index is 367. The lowest BCUT2D eigenvalue weighted by Crippen LogP contribution is -2.31. The average molecular weight is 234 g/mol. The van der Waals surface area contributed by atoms with Crippen LogP contribution in [0.4, 0.5) is 0 Å². The molecule has 0 radical (unpaired) electrons. The van der Waals surface area contributed by atoms with E-state index in [1.54, 1.807) is 6.20 Å². The molecule has 1 fully saturated rings. The van der Waals surface area contributed by atoms with Gasteiger partial charge in [0.1, 0.15) is 0 Å². The molecule has 92 valence electrons. The van der Waals surface area contributed by atoms with Crippen LogP contribution in [-0.4, -0.2) is 35.5 Å². The van der Waals surface area contributed by atoms with Crippen molar-refractivity contribution in [2.45, 2.75) is 25.8 Å².